The highest BCUT2D eigenvalue weighted by Crippen LogP contribution is 2.27. The van der Waals surface area contributed by atoms with Crippen molar-refractivity contribution in [1.29, 1.82) is 0 Å². The van der Waals surface area contributed by atoms with Gasteiger partial charge in [0.2, 0.25) is 0 Å². The standard InChI is InChI=1S/C17H14Cl2N2O2S/c1-24(22,23)17-14(8-7-11-5-3-2-4-6-11)20-15-9-12(18)13(19)10-16(15)21-17/h2-6,9-10H,7-8H2,1H3. The fraction of sp³-hybridized carbons (Fsp3) is 0.176. The smallest absolute Gasteiger partial charge is 0.194 e. The minimum absolute atomic E-state index is 0.00989. The van der Waals surface area contributed by atoms with Crippen LogP contribution in [0.15, 0.2) is 47.5 Å². The number of aromatic nitrogens is 2. The van der Waals surface area contributed by atoms with Crippen molar-refractivity contribution < 1.29 is 8.42 Å². The Labute approximate surface area is 150 Å². The molecular weight excluding hydrogens is 367 g/mol. The molecule has 0 bridgehead atoms. The normalized spacial score (nSPS) is 11.8. The molecule has 0 saturated carbocycles. The topological polar surface area (TPSA) is 59.9 Å². The number of aryl methyl sites for hydroxylation is 2. The van der Waals surface area contributed by atoms with E-state index in [-0.39, 0.29) is 5.03 Å². The first-order valence-electron chi connectivity index (χ1n) is 7.24. The second kappa shape index (κ2) is 6.67. The van der Waals surface area contributed by atoms with E-state index in [0.29, 0.717) is 39.6 Å². The van der Waals surface area contributed by atoms with Crippen molar-refractivity contribution in [3.05, 3.63) is 63.8 Å². The van der Waals surface area contributed by atoms with Crippen molar-refractivity contribution in [3.63, 3.8) is 0 Å². The molecule has 7 heteroatoms. The molecule has 0 spiro atoms. The first kappa shape index (κ1) is 17.1. The highest BCUT2D eigenvalue weighted by molar-refractivity contribution is 7.90. The number of hydrogen-bond donors (Lipinski definition) is 0. The minimum Gasteiger partial charge on any atom is -0.248 e. The molecule has 0 amide bonds. The number of fused-ring (bicyclic) bond motifs is 1. The average molecular weight is 381 g/mol. The van der Waals surface area contributed by atoms with E-state index in [0.717, 1.165) is 11.8 Å². The summed E-state index contributed by atoms with van der Waals surface area (Å²) >= 11 is 12.0. The van der Waals surface area contributed by atoms with E-state index in [9.17, 15) is 8.42 Å². The predicted octanol–water partition coefficient (Wildman–Crippen LogP) is 4.13. The van der Waals surface area contributed by atoms with Gasteiger partial charge in [0.1, 0.15) is 0 Å². The third-order valence-electron chi connectivity index (χ3n) is 3.59. The van der Waals surface area contributed by atoms with E-state index in [1.54, 1.807) is 6.07 Å². The second-order valence-corrected chi connectivity index (χ2v) is 8.23. The summed E-state index contributed by atoms with van der Waals surface area (Å²) in [7, 11) is -3.50. The van der Waals surface area contributed by atoms with E-state index in [4.69, 9.17) is 23.2 Å². The Morgan fingerprint density at radius 1 is 0.917 bits per heavy atom. The van der Waals surface area contributed by atoms with Crippen LogP contribution in [0.25, 0.3) is 11.0 Å². The Morgan fingerprint density at radius 2 is 1.50 bits per heavy atom. The summed E-state index contributed by atoms with van der Waals surface area (Å²) in [6.45, 7) is 0. The maximum Gasteiger partial charge on any atom is 0.194 e. The van der Waals surface area contributed by atoms with Crippen LogP contribution in [0, 0.1) is 0 Å². The van der Waals surface area contributed by atoms with Crippen molar-refractivity contribution in [1.82, 2.24) is 9.97 Å². The molecule has 0 fully saturated rings. The van der Waals surface area contributed by atoms with Crippen molar-refractivity contribution in [2.75, 3.05) is 6.26 Å². The number of halogens is 2. The number of benzene rings is 2. The molecule has 1 heterocycles. The lowest BCUT2D eigenvalue weighted by Crippen LogP contribution is -2.09. The molecule has 124 valence electrons. The van der Waals surface area contributed by atoms with Crippen LogP contribution in [-0.2, 0) is 22.7 Å². The van der Waals surface area contributed by atoms with Crippen LogP contribution < -0.4 is 0 Å². The Hall–Kier alpha value is -1.69. The molecule has 0 saturated heterocycles. The predicted molar refractivity (Wildman–Crippen MR) is 96.5 cm³/mol. The zero-order valence-corrected chi connectivity index (χ0v) is 15.2. The molecule has 2 aromatic carbocycles. The first-order chi connectivity index (χ1) is 11.3. The van der Waals surface area contributed by atoms with E-state index in [1.807, 2.05) is 30.3 Å². The summed E-state index contributed by atoms with van der Waals surface area (Å²) in [6.07, 6.45) is 2.27. The van der Waals surface area contributed by atoms with Gasteiger partial charge in [0.05, 0.1) is 26.8 Å². The Morgan fingerprint density at radius 3 is 2.08 bits per heavy atom. The van der Waals surface area contributed by atoms with E-state index in [1.165, 1.54) is 6.07 Å². The van der Waals surface area contributed by atoms with Crippen LogP contribution in [0.2, 0.25) is 10.0 Å². The Kier molecular flexibility index (Phi) is 4.76. The maximum atomic E-state index is 12.1. The summed E-state index contributed by atoms with van der Waals surface area (Å²) in [5, 5.41) is 0.666. The van der Waals surface area contributed by atoms with Crippen LogP contribution in [0.3, 0.4) is 0 Å². The van der Waals surface area contributed by atoms with E-state index in [2.05, 4.69) is 9.97 Å². The lowest BCUT2D eigenvalue weighted by Gasteiger charge is -2.09. The lowest BCUT2D eigenvalue weighted by molar-refractivity contribution is 0.596. The minimum atomic E-state index is -3.50. The summed E-state index contributed by atoms with van der Waals surface area (Å²) in [4.78, 5) is 8.74. The molecule has 24 heavy (non-hydrogen) atoms. The lowest BCUT2D eigenvalue weighted by atomic mass is 10.1. The zero-order chi connectivity index (χ0) is 17.3. The van der Waals surface area contributed by atoms with Crippen molar-refractivity contribution >= 4 is 44.1 Å². The Balaban J connectivity index is 2.08. The van der Waals surface area contributed by atoms with Gasteiger partial charge in [0, 0.05) is 6.26 Å². The molecule has 0 unspecified atom stereocenters. The van der Waals surface area contributed by atoms with Gasteiger partial charge in [-0.05, 0) is 30.5 Å². The van der Waals surface area contributed by atoms with E-state index < -0.39 is 9.84 Å². The monoisotopic (exact) mass is 380 g/mol. The molecule has 0 N–H and O–H groups in total. The van der Waals surface area contributed by atoms with Gasteiger partial charge >= 0.3 is 0 Å². The van der Waals surface area contributed by atoms with Crippen molar-refractivity contribution in [3.8, 4) is 0 Å². The van der Waals surface area contributed by atoms with Gasteiger partial charge in [0.15, 0.2) is 14.9 Å². The second-order valence-electron chi connectivity index (χ2n) is 5.49. The zero-order valence-electron chi connectivity index (χ0n) is 12.8. The molecule has 3 aromatic rings. The SMILES string of the molecule is CS(=O)(=O)c1nc2cc(Cl)c(Cl)cc2nc1CCc1ccccc1. The molecule has 0 radical (unpaired) electrons. The number of hydrogen-bond acceptors (Lipinski definition) is 4. The Bertz CT molecular complexity index is 1010. The molecular formula is C17H14Cl2N2O2S. The van der Waals surface area contributed by atoms with Gasteiger partial charge in [-0.25, -0.2) is 18.4 Å². The molecule has 3 rings (SSSR count). The summed E-state index contributed by atoms with van der Waals surface area (Å²) in [5.41, 5.74) is 2.48. The van der Waals surface area contributed by atoms with Crippen molar-refractivity contribution in [2.45, 2.75) is 17.9 Å². The molecule has 0 aliphatic rings. The fourth-order valence-electron chi connectivity index (χ4n) is 2.44. The largest absolute Gasteiger partial charge is 0.248 e. The summed E-state index contributed by atoms with van der Waals surface area (Å²) in [5.74, 6) is 0. The van der Waals surface area contributed by atoms with Crippen LogP contribution >= 0.6 is 23.2 Å². The van der Waals surface area contributed by atoms with Gasteiger partial charge in [-0.3, -0.25) is 0 Å². The van der Waals surface area contributed by atoms with Crippen LogP contribution in [0.5, 0.6) is 0 Å². The molecule has 0 aliphatic heterocycles. The third kappa shape index (κ3) is 3.69. The van der Waals surface area contributed by atoms with Gasteiger partial charge in [-0.2, -0.15) is 0 Å². The summed E-state index contributed by atoms with van der Waals surface area (Å²) < 4.78 is 24.2. The molecule has 4 nitrogen and oxygen atoms in total. The third-order valence-corrected chi connectivity index (χ3v) is 5.34. The van der Waals surface area contributed by atoms with Crippen molar-refractivity contribution in [2.24, 2.45) is 0 Å². The number of sulfone groups is 1. The van der Waals surface area contributed by atoms with Crippen LogP contribution in [0.4, 0.5) is 0 Å². The first-order valence-corrected chi connectivity index (χ1v) is 9.89. The number of rotatable bonds is 4. The highest BCUT2D eigenvalue weighted by atomic mass is 35.5. The fourth-order valence-corrected chi connectivity index (χ4v) is 3.59. The number of nitrogens with zero attached hydrogens (tertiary/aromatic N) is 2. The van der Waals surface area contributed by atoms with Gasteiger partial charge in [0.25, 0.3) is 0 Å². The molecule has 0 aliphatic carbocycles. The molecule has 1 aromatic heterocycles. The van der Waals surface area contributed by atoms with Crippen LogP contribution in [0.1, 0.15) is 11.3 Å². The van der Waals surface area contributed by atoms with Gasteiger partial charge in [-0.15, -0.1) is 0 Å². The highest BCUT2D eigenvalue weighted by Gasteiger charge is 2.19. The van der Waals surface area contributed by atoms with E-state index >= 15 is 0 Å². The maximum absolute atomic E-state index is 12.1. The van der Waals surface area contributed by atoms with Gasteiger partial charge < -0.3 is 0 Å². The average Bonchev–Trinajstić information content (AvgIpc) is 2.53. The van der Waals surface area contributed by atoms with Gasteiger partial charge in [-0.1, -0.05) is 53.5 Å². The van der Waals surface area contributed by atoms with Crippen LogP contribution in [-0.4, -0.2) is 24.6 Å². The summed E-state index contributed by atoms with van der Waals surface area (Å²) in [6, 6.07) is 12.9. The quantitative estimate of drug-likeness (QED) is 0.682. The molecule has 0 atom stereocenters.